The minimum absolute atomic E-state index is 0.589. The Labute approximate surface area is 307 Å². The predicted molar refractivity (Wildman–Crippen MR) is 221 cm³/mol. The maximum Gasteiger partial charge on any atom is 0.164 e. The van der Waals surface area contributed by atoms with E-state index in [1.165, 1.54) is 26.9 Å². The van der Waals surface area contributed by atoms with E-state index in [9.17, 15) is 0 Å². The van der Waals surface area contributed by atoms with Crippen molar-refractivity contribution in [2.45, 2.75) is 0 Å². The normalized spacial score (nSPS) is 12.1. The zero-order valence-electron chi connectivity index (χ0n) is 28.7. The van der Waals surface area contributed by atoms with Gasteiger partial charge in [0.2, 0.25) is 0 Å². The second-order valence-corrected chi connectivity index (χ2v) is 13.9. The molecule has 5 nitrogen and oxygen atoms in total. The first kappa shape index (κ1) is 29.2. The van der Waals surface area contributed by atoms with Gasteiger partial charge in [0.15, 0.2) is 17.5 Å². The Bertz CT molecular complexity index is 3520. The summed E-state index contributed by atoms with van der Waals surface area (Å²) in [5.74, 6) is 1.79. The predicted octanol–water partition coefficient (Wildman–Crippen LogP) is 13.3. The molecule has 250 valence electrons. The van der Waals surface area contributed by atoms with E-state index in [0.29, 0.717) is 17.5 Å². The van der Waals surface area contributed by atoms with Crippen LogP contribution in [-0.4, -0.2) is 15.0 Å². The van der Waals surface area contributed by atoms with E-state index in [-0.39, 0.29) is 0 Å². The molecule has 0 bridgehead atoms. The Morgan fingerprint density at radius 2 is 0.833 bits per heavy atom. The molecule has 5 heteroatoms. The van der Waals surface area contributed by atoms with E-state index >= 15 is 0 Å². The maximum atomic E-state index is 6.48. The second-order valence-electron chi connectivity index (χ2n) is 13.9. The summed E-state index contributed by atoms with van der Waals surface area (Å²) < 4.78 is 12.7. The Hall–Kier alpha value is -7.37. The number of furan rings is 2. The van der Waals surface area contributed by atoms with Gasteiger partial charge in [-0.1, -0.05) is 109 Å². The van der Waals surface area contributed by atoms with Crippen LogP contribution in [0.2, 0.25) is 0 Å². The minimum atomic E-state index is 0.589. The third kappa shape index (κ3) is 4.30. The lowest BCUT2D eigenvalue weighted by atomic mass is 9.96. The highest BCUT2D eigenvalue weighted by molar-refractivity contribution is 6.27. The lowest BCUT2D eigenvalue weighted by molar-refractivity contribution is 0.668. The number of hydrogen-bond acceptors (Lipinski definition) is 5. The van der Waals surface area contributed by atoms with Crippen LogP contribution in [0.5, 0.6) is 0 Å². The number of rotatable bonds is 3. The van der Waals surface area contributed by atoms with Crippen molar-refractivity contribution < 1.29 is 8.83 Å². The van der Waals surface area contributed by atoms with E-state index < -0.39 is 0 Å². The molecule has 3 heterocycles. The first-order chi connectivity index (χ1) is 26.7. The molecule has 0 aliphatic rings. The molecule has 0 radical (unpaired) electrons. The number of para-hydroxylation sites is 1. The molecule has 0 atom stereocenters. The van der Waals surface area contributed by atoms with Crippen LogP contribution in [-0.2, 0) is 0 Å². The van der Waals surface area contributed by atoms with Gasteiger partial charge in [0, 0.05) is 43.6 Å². The number of fused-ring (bicyclic) bond motifs is 13. The highest BCUT2D eigenvalue weighted by Crippen LogP contribution is 2.41. The summed E-state index contributed by atoms with van der Waals surface area (Å²) in [5.41, 5.74) is 6.07. The van der Waals surface area contributed by atoms with Crippen LogP contribution in [0.15, 0.2) is 173 Å². The highest BCUT2D eigenvalue weighted by Gasteiger charge is 2.19. The lowest BCUT2D eigenvalue weighted by Crippen LogP contribution is -2.01. The molecule has 12 aromatic rings. The first-order valence-corrected chi connectivity index (χ1v) is 18.1. The molecule has 0 amide bonds. The van der Waals surface area contributed by atoms with Gasteiger partial charge < -0.3 is 8.83 Å². The number of benzene rings is 9. The molecule has 9 aromatic carbocycles. The monoisotopic (exact) mass is 689 g/mol. The summed E-state index contributed by atoms with van der Waals surface area (Å²) in [7, 11) is 0. The van der Waals surface area contributed by atoms with Crippen LogP contribution in [0.3, 0.4) is 0 Å². The summed E-state index contributed by atoms with van der Waals surface area (Å²) in [4.78, 5) is 15.7. The van der Waals surface area contributed by atoms with Crippen molar-refractivity contribution in [2.75, 3.05) is 0 Å². The molecule has 54 heavy (non-hydrogen) atoms. The molecular weight excluding hydrogens is 663 g/mol. The van der Waals surface area contributed by atoms with E-state index in [1.807, 2.05) is 36.4 Å². The highest BCUT2D eigenvalue weighted by atomic mass is 16.3. The van der Waals surface area contributed by atoms with Gasteiger partial charge in [-0.05, 0) is 92.3 Å². The summed E-state index contributed by atoms with van der Waals surface area (Å²) in [5, 5.41) is 13.5. The molecule has 0 aliphatic carbocycles. The fourth-order valence-corrected chi connectivity index (χ4v) is 8.36. The number of aromatic nitrogens is 3. The van der Waals surface area contributed by atoms with E-state index in [0.717, 1.165) is 76.7 Å². The van der Waals surface area contributed by atoms with E-state index in [4.69, 9.17) is 23.8 Å². The first-order valence-electron chi connectivity index (χ1n) is 18.1. The smallest absolute Gasteiger partial charge is 0.164 e. The Morgan fingerprint density at radius 1 is 0.296 bits per heavy atom. The molecular formula is C49H27N3O2. The fourth-order valence-electron chi connectivity index (χ4n) is 8.36. The molecule has 0 fully saturated rings. The molecule has 0 spiro atoms. The van der Waals surface area contributed by atoms with Gasteiger partial charge in [-0.25, -0.2) is 15.0 Å². The van der Waals surface area contributed by atoms with Crippen molar-refractivity contribution in [2.24, 2.45) is 0 Å². The van der Waals surface area contributed by atoms with Gasteiger partial charge in [-0.15, -0.1) is 0 Å². The third-order valence-corrected chi connectivity index (χ3v) is 10.9. The minimum Gasteiger partial charge on any atom is -0.456 e. The molecule has 12 rings (SSSR count). The summed E-state index contributed by atoms with van der Waals surface area (Å²) in [6.45, 7) is 0. The maximum absolute atomic E-state index is 6.48. The van der Waals surface area contributed by atoms with Crippen molar-refractivity contribution in [1.82, 2.24) is 15.0 Å². The topological polar surface area (TPSA) is 65.0 Å². The average Bonchev–Trinajstić information content (AvgIpc) is 3.81. The van der Waals surface area contributed by atoms with Gasteiger partial charge in [0.05, 0.1) is 0 Å². The summed E-state index contributed by atoms with van der Waals surface area (Å²) in [6.07, 6.45) is 0. The van der Waals surface area contributed by atoms with Gasteiger partial charge >= 0.3 is 0 Å². The lowest BCUT2D eigenvalue weighted by Gasteiger charge is -2.12. The van der Waals surface area contributed by atoms with Gasteiger partial charge in [0.25, 0.3) is 0 Å². The van der Waals surface area contributed by atoms with Crippen molar-refractivity contribution in [1.29, 1.82) is 0 Å². The number of nitrogens with zero attached hydrogens (tertiary/aromatic N) is 3. The van der Waals surface area contributed by atoms with Crippen LogP contribution in [0.25, 0.3) is 121 Å². The quantitative estimate of drug-likeness (QED) is 0.173. The Kier molecular flexibility index (Phi) is 5.99. The van der Waals surface area contributed by atoms with Crippen LogP contribution < -0.4 is 0 Å². The van der Waals surface area contributed by atoms with Gasteiger partial charge in [-0.2, -0.15) is 0 Å². The molecule has 0 saturated heterocycles. The van der Waals surface area contributed by atoms with E-state index in [1.54, 1.807) is 0 Å². The van der Waals surface area contributed by atoms with Crippen molar-refractivity contribution in [3.05, 3.63) is 164 Å². The molecule has 0 N–H and O–H groups in total. The van der Waals surface area contributed by atoms with Gasteiger partial charge in [0.1, 0.15) is 22.3 Å². The van der Waals surface area contributed by atoms with Crippen molar-refractivity contribution >= 4 is 87.0 Å². The Balaban J connectivity index is 1.14. The molecule has 0 unspecified atom stereocenters. The largest absolute Gasteiger partial charge is 0.456 e. The van der Waals surface area contributed by atoms with Crippen LogP contribution in [0.1, 0.15) is 0 Å². The van der Waals surface area contributed by atoms with Crippen molar-refractivity contribution in [3.8, 4) is 34.2 Å². The SMILES string of the molecule is c1ccc2c(c1)cc(-c1nc(-c3ccc4oc5ccccc5c4c3)nc(-c3ccc4oc5ccc6ccc7ccccc7c6c5c4c3)n1)c1ccccc12. The number of hydrogen-bond donors (Lipinski definition) is 0. The summed E-state index contributed by atoms with van der Waals surface area (Å²) in [6, 6.07) is 56.9. The molecule has 0 aliphatic heterocycles. The van der Waals surface area contributed by atoms with Crippen LogP contribution >= 0.6 is 0 Å². The van der Waals surface area contributed by atoms with Crippen molar-refractivity contribution in [3.63, 3.8) is 0 Å². The fraction of sp³-hybridized carbons (Fsp3) is 0. The summed E-state index contributed by atoms with van der Waals surface area (Å²) >= 11 is 0. The zero-order chi connectivity index (χ0) is 35.3. The standard InChI is InChI=1S/C49H27N3O2/c1-4-12-34-28(9-1)17-18-29-19-24-44-46(45(29)34)40-27-32(21-23-43(40)54-44)48-50-47(31-20-22-42-38(26-31)37-15-7-8-16-41(37)53-42)51-49(52-48)39-25-30-10-2-3-11-33(30)35-13-5-6-14-36(35)39/h1-27H. The van der Waals surface area contributed by atoms with E-state index in [2.05, 4.69) is 127 Å². The average molecular weight is 690 g/mol. The molecule has 0 saturated carbocycles. The van der Waals surface area contributed by atoms with Crippen LogP contribution in [0.4, 0.5) is 0 Å². The zero-order valence-corrected chi connectivity index (χ0v) is 28.7. The van der Waals surface area contributed by atoms with Gasteiger partial charge in [-0.3, -0.25) is 0 Å². The Morgan fingerprint density at radius 3 is 1.65 bits per heavy atom. The van der Waals surface area contributed by atoms with Crippen LogP contribution in [0, 0.1) is 0 Å². The second kappa shape index (κ2) is 11.1. The molecule has 3 aromatic heterocycles. The third-order valence-electron chi connectivity index (χ3n) is 10.9.